The van der Waals surface area contributed by atoms with Crippen LogP contribution < -0.4 is 5.01 Å². The zero-order valence-corrected chi connectivity index (χ0v) is 13.6. The molecule has 3 rings (SSSR count). The molecule has 0 atom stereocenters. The Kier molecular flexibility index (Phi) is 3.87. The highest BCUT2D eigenvalue weighted by Crippen LogP contribution is 2.26. The number of hydrogen-bond acceptors (Lipinski definition) is 4. The smallest absolute Gasteiger partial charge is 0.335 e. The average molecular weight is 375 g/mol. The first-order valence-corrected chi connectivity index (χ1v) is 7.45. The lowest BCUT2D eigenvalue weighted by molar-refractivity contribution is -0.114. The molecule has 0 radical (unpaired) electrons. The van der Waals surface area contributed by atoms with Crippen LogP contribution in [0.25, 0.3) is 6.08 Å². The molecule has 1 aliphatic rings. The number of anilines is 1. The van der Waals surface area contributed by atoms with E-state index in [1.807, 2.05) is 0 Å². The number of rotatable bonds is 3. The summed E-state index contributed by atoms with van der Waals surface area (Å²) < 4.78 is 5.95. The Hall–Kier alpha value is -2.67. The molecular formula is C16H11BrN2O4. The van der Waals surface area contributed by atoms with Crippen LogP contribution in [0, 0.1) is 0 Å². The van der Waals surface area contributed by atoms with Crippen LogP contribution in [0.3, 0.4) is 0 Å². The van der Waals surface area contributed by atoms with Gasteiger partial charge in [0, 0.05) is 0 Å². The number of hydrogen-bond donors (Lipinski definition) is 1. The highest BCUT2D eigenvalue weighted by molar-refractivity contribution is 9.10. The minimum Gasteiger partial charge on any atom is -0.478 e. The van der Waals surface area contributed by atoms with Crippen LogP contribution in [0.5, 0.6) is 0 Å². The molecule has 0 spiro atoms. The van der Waals surface area contributed by atoms with Gasteiger partial charge in [0.2, 0.25) is 0 Å². The van der Waals surface area contributed by atoms with E-state index in [4.69, 9.17) is 9.52 Å². The topological polar surface area (TPSA) is 83.1 Å². The fourth-order valence-electron chi connectivity index (χ4n) is 2.15. The van der Waals surface area contributed by atoms with Crippen LogP contribution in [0.1, 0.15) is 23.0 Å². The van der Waals surface area contributed by atoms with Crippen molar-refractivity contribution in [2.24, 2.45) is 5.10 Å². The van der Waals surface area contributed by atoms with E-state index in [1.54, 1.807) is 37.3 Å². The van der Waals surface area contributed by atoms with Gasteiger partial charge in [0.25, 0.3) is 5.91 Å². The number of furan rings is 1. The van der Waals surface area contributed by atoms with Crippen LogP contribution >= 0.6 is 15.9 Å². The molecule has 1 aromatic heterocycles. The summed E-state index contributed by atoms with van der Waals surface area (Å²) in [6.45, 7) is 1.73. The molecule has 0 saturated carbocycles. The molecule has 1 N–H and O–H groups in total. The molecule has 0 saturated heterocycles. The van der Waals surface area contributed by atoms with Crippen molar-refractivity contribution in [3.05, 3.63) is 58.0 Å². The second-order valence-electron chi connectivity index (χ2n) is 4.85. The SMILES string of the molecule is CC1=NN(c2ccc(C(=O)O)cc2)C(=O)/C1=C/c1ccc(Br)o1. The monoisotopic (exact) mass is 374 g/mol. The number of carboxylic acid groups (broad SMARTS) is 1. The Morgan fingerprint density at radius 3 is 2.52 bits per heavy atom. The molecule has 1 aromatic carbocycles. The molecule has 2 aromatic rings. The van der Waals surface area contributed by atoms with Crippen molar-refractivity contribution in [3.63, 3.8) is 0 Å². The van der Waals surface area contributed by atoms with Gasteiger partial charge in [-0.25, -0.2) is 4.79 Å². The van der Waals surface area contributed by atoms with E-state index in [1.165, 1.54) is 17.1 Å². The van der Waals surface area contributed by atoms with E-state index in [0.717, 1.165) is 0 Å². The van der Waals surface area contributed by atoms with E-state index in [9.17, 15) is 9.59 Å². The third-order valence-corrected chi connectivity index (χ3v) is 3.73. The van der Waals surface area contributed by atoms with Gasteiger partial charge in [0.1, 0.15) is 5.76 Å². The summed E-state index contributed by atoms with van der Waals surface area (Å²) in [6, 6.07) is 9.43. The van der Waals surface area contributed by atoms with Crippen molar-refractivity contribution < 1.29 is 19.1 Å². The third kappa shape index (κ3) is 2.95. The molecule has 0 bridgehead atoms. The van der Waals surface area contributed by atoms with E-state index in [0.29, 0.717) is 27.4 Å². The number of aromatic carboxylic acids is 1. The number of benzene rings is 1. The number of carbonyl (C=O) groups excluding carboxylic acids is 1. The quantitative estimate of drug-likeness (QED) is 0.832. The maximum Gasteiger partial charge on any atom is 0.335 e. The Bertz CT molecular complexity index is 849. The highest BCUT2D eigenvalue weighted by atomic mass is 79.9. The Morgan fingerprint density at radius 1 is 1.26 bits per heavy atom. The third-order valence-electron chi connectivity index (χ3n) is 3.30. The summed E-state index contributed by atoms with van der Waals surface area (Å²) in [5, 5.41) is 14.4. The standard InChI is InChI=1S/C16H11BrN2O4/c1-9-13(8-12-6-7-14(17)23-12)15(20)19(18-9)11-4-2-10(3-5-11)16(21)22/h2-8H,1H3,(H,21,22)/b13-8+. The molecule has 1 amide bonds. The van der Waals surface area contributed by atoms with Gasteiger partial charge in [0.15, 0.2) is 4.67 Å². The van der Waals surface area contributed by atoms with Crippen LogP contribution in [0.15, 0.2) is 56.2 Å². The summed E-state index contributed by atoms with van der Waals surface area (Å²) >= 11 is 3.21. The first kappa shape index (κ1) is 15.2. The van der Waals surface area contributed by atoms with Crippen LogP contribution in [0.2, 0.25) is 0 Å². The lowest BCUT2D eigenvalue weighted by atomic mass is 10.1. The van der Waals surface area contributed by atoms with E-state index >= 15 is 0 Å². The summed E-state index contributed by atoms with van der Waals surface area (Å²) in [7, 11) is 0. The van der Waals surface area contributed by atoms with Crippen molar-refractivity contribution >= 4 is 45.3 Å². The molecule has 7 heteroatoms. The Labute approximate surface area is 139 Å². The van der Waals surface area contributed by atoms with Crippen molar-refractivity contribution in [1.29, 1.82) is 0 Å². The number of carboxylic acids is 1. The van der Waals surface area contributed by atoms with Crippen molar-refractivity contribution in [2.75, 3.05) is 5.01 Å². The lowest BCUT2D eigenvalue weighted by Gasteiger charge is -2.11. The highest BCUT2D eigenvalue weighted by Gasteiger charge is 2.29. The van der Waals surface area contributed by atoms with Gasteiger partial charge in [-0.15, -0.1) is 0 Å². The molecule has 116 valence electrons. The summed E-state index contributed by atoms with van der Waals surface area (Å²) in [6.07, 6.45) is 1.62. The van der Waals surface area contributed by atoms with Crippen LogP contribution in [-0.4, -0.2) is 22.7 Å². The lowest BCUT2D eigenvalue weighted by Crippen LogP contribution is -2.21. The van der Waals surface area contributed by atoms with Crippen LogP contribution in [0.4, 0.5) is 5.69 Å². The summed E-state index contributed by atoms with van der Waals surface area (Å²) in [4.78, 5) is 23.4. The first-order chi connectivity index (χ1) is 11.0. The fraction of sp³-hybridized carbons (Fsp3) is 0.0625. The Balaban J connectivity index is 1.90. The maximum absolute atomic E-state index is 12.5. The van der Waals surface area contributed by atoms with Gasteiger partial charge < -0.3 is 9.52 Å². The van der Waals surface area contributed by atoms with Crippen molar-refractivity contribution in [2.45, 2.75) is 6.92 Å². The zero-order valence-electron chi connectivity index (χ0n) is 12.0. The minimum atomic E-state index is -1.02. The minimum absolute atomic E-state index is 0.150. The second kappa shape index (κ2) is 5.85. The average Bonchev–Trinajstić information content (AvgIpc) is 3.05. The maximum atomic E-state index is 12.5. The van der Waals surface area contributed by atoms with Crippen molar-refractivity contribution in [1.82, 2.24) is 0 Å². The Morgan fingerprint density at radius 2 is 1.96 bits per heavy atom. The number of carbonyl (C=O) groups is 2. The van der Waals surface area contributed by atoms with Gasteiger partial charge in [0.05, 0.1) is 22.5 Å². The second-order valence-corrected chi connectivity index (χ2v) is 5.64. The zero-order chi connectivity index (χ0) is 16.6. The molecule has 2 heterocycles. The summed E-state index contributed by atoms with van der Waals surface area (Å²) in [5.74, 6) is -0.774. The van der Waals surface area contributed by atoms with Gasteiger partial charge >= 0.3 is 5.97 Å². The van der Waals surface area contributed by atoms with Gasteiger partial charge in [-0.05, 0) is 65.3 Å². The predicted molar refractivity (Wildman–Crippen MR) is 88.4 cm³/mol. The van der Waals surface area contributed by atoms with E-state index in [-0.39, 0.29) is 11.5 Å². The van der Waals surface area contributed by atoms with Crippen molar-refractivity contribution in [3.8, 4) is 0 Å². The molecular weight excluding hydrogens is 364 g/mol. The molecule has 1 aliphatic heterocycles. The summed E-state index contributed by atoms with van der Waals surface area (Å²) in [5.41, 5.74) is 1.64. The van der Waals surface area contributed by atoms with E-state index in [2.05, 4.69) is 21.0 Å². The first-order valence-electron chi connectivity index (χ1n) is 6.66. The molecule has 0 aliphatic carbocycles. The van der Waals surface area contributed by atoms with E-state index < -0.39 is 5.97 Å². The number of amides is 1. The largest absolute Gasteiger partial charge is 0.478 e. The number of halogens is 1. The van der Waals surface area contributed by atoms with Gasteiger partial charge in [-0.1, -0.05) is 0 Å². The molecule has 6 nitrogen and oxygen atoms in total. The number of nitrogens with zero attached hydrogens (tertiary/aromatic N) is 2. The predicted octanol–water partition coefficient (Wildman–Crippen LogP) is 3.55. The molecule has 0 unspecified atom stereocenters. The molecule has 23 heavy (non-hydrogen) atoms. The van der Waals surface area contributed by atoms with Crippen LogP contribution in [-0.2, 0) is 4.79 Å². The van der Waals surface area contributed by atoms with Gasteiger partial charge in [-0.2, -0.15) is 10.1 Å². The van der Waals surface area contributed by atoms with Gasteiger partial charge in [-0.3, -0.25) is 4.79 Å². The fourth-order valence-corrected chi connectivity index (χ4v) is 2.47. The number of hydrazone groups is 1. The normalized spacial score (nSPS) is 16.1. The molecule has 0 fully saturated rings.